The van der Waals surface area contributed by atoms with Gasteiger partial charge < -0.3 is 14.6 Å². The highest BCUT2D eigenvalue weighted by Gasteiger charge is 2.28. The van der Waals surface area contributed by atoms with Crippen molar-refractivity contribution in [1.82, 2.24) is 15.2 Å². The minimum atomic E-state index is 0.138. The van der Waals surface area contributed by atoms with Crippen molar-refractivity contribution in [1.29, 1.82) is 0 Å². The van der Waals surface area contributed by atoms with E-state index in [1.807, 2.05) is 29.5 Å². The number of likely N-dealkylation sites (tertiary alicyclic amines) is 1. The quantitative estimate of drug-likeness (QED) is 0.919. The first kappa shape index (κ1) is 14.3. The number of hydrogen-bond acceptors (Lipinski definition) is 5. The molecule has 3 rings (SSSR count). The van der Waals surface area contributed by atoms with Crippen molar-refractivity contribution in [2.75, 3.05) is 20.1 Å². The smallest absolute Gasteiger partial charge is 0.236 e. The van der Waals surface area contributed by atoms with Crippen LogP contribution in [0.4, 0.5) is 0 Å². The molecular formula is C15H19N3O2S. The van der Waals surface area contributed by atoms with Gasteiger partial charge in [-0.15, -0.1) is 11.3 Å². The van der Waals surface area contributed by atoms with Gasteiger partial charge in [-0.05, 0) is 31.3 Å². The molecule has 0 aliphatic carbocycles. The summed E-state index contributed by atoms with van der Waals surface area (Å²) in [6.45, 7) is 1.70. The van der Waals surface area contributed by atoms with Crippen LogP contribution in [0.2, 0.25) is 0 Å². The van der Waals surface area contributed by atoms with Crippen LogP contribution in [0.15, 0.2) is 28.2 Å². The van der Waals surface area contributed by atoms with Gasteiger partial charge in [-0.1, -0.05) is 6.07 Å². The van der Waals surface area contributed by atoms with Crippen LogP contribution in [0.3, 0.4) is 0 Å². The lowest BCUT2D eigenvalue weighted by molar-refractivity contribution is -0.131. The van der Waals surface area contributed by atoms with E-state index in [1.54, 1.807) is 17.6 Å². The Morgan fingerprint density at radius 3 is 3.29 bits per heavy atom. The molecule has 1 unspecified atom stereocenters. The van der Waals surface area contributed by atoms with Crippen molar-refractivity contribution in [3.8, 4) is 10.8 Å². The summed E-state index contributed by atoms with van der Waals surface area (Å²) in [7, 11) is 1.92. The highest BCUT2D eigenvalue weighted by Crippen LogP contribution is 2.24. The molecule has 1 aliphatic rings. The van der Waals surface area contributed by atoms with E-state index in [9.17, 15) is 4.79 Å². The SMILES string of the molecule is CNCC1CCCN1C(=O)Cc1coc(-c2cccs2)n1. The van der Waals surface area contributed by atoms with Gasteiger partial charge in [0.2, 0.25) is 11.8 Å². The molecule has 1 amide bonds. The zero-order valence-electron chi connectivity index (χ0n) is 12.0. The second-order valence-electron chi connectivity index (χ2n) is 5.24. The number of nitrogens with zero attached hydrogens (tertiary/aromatic N) is 2. The first-order valence-corrected chi connectivity index (χ1v) is 8.08. The van der Waals surface area contributed by atoms with Crippen molar-refractivity contribution < 1.29 is 9.21 Å². The number of rotatable bonds is 5. The molecule has 112 valence electrons. The number of thiophene rings is 1. The number of carbonyl (C=O) groups excluding carboxylic acids is 1. The molecule has 5 nitrogen and oxygen atoms in total. The normalized spacial score (nSPS) is 18.3. The van der Waals surface area contributed by atoms with E-state index in [1.165, 1.54) is 0 Å². The first-order valence-electron chi connectivity index (χ1n) is 7.20. The van der Waals surface area contributed by atoms with Gasteiger partial charge in [0.1, 0.15) is 6.26 Å². The number of nitrogens with one attached hydrogen (secondary N) is 1. The Hall–Kier alpha value is -1.66. The Balaban J connectivity index is 1.65. The Morgan fingerprint density at radius 1 is 1.62 bits per heavy atom. The highest BCUT2D eigenvalue weighted by atomic mass is 32.1. The number of hydrogen-bond donors (Lipinski definition) is 1. The van der Waals surface area contributed by atoms with Crippen LogP contribution < -0.4 is 5.32 Å². The van der Waals surface area contributed by atoms with Gasteiger partial charge in [-0.3, -0.25) is 4.79 Å². The summed E-state index contributed by atoms with van der Waals surface area (Å²) >= 11 is 1.58. The molecule has 1 N–H and O–H groups in total. The van der Waals surface area contributed by atoms with E-state index in [0.29, 0.717) is 24.0 Å². The lowest BCUT2D eigenvalue weighted by Crippen LogP contribution is -2.41. The van der Waals surface area contributed by atoms with Crippen LogP contribution in [0.5, 0.6) is 0 Å². The van der Waals surface area contributed by atoms with Gasteiger partial charge in [0.05, 0.1) is 17.0 Å². The lowest BCUT2D eigenvalue weighted by Gasteiger charge is -2.24. The second kappa shape index (κ2) is 6.41. The number of amides is 1. The molecule has 2 aromatic heterocycles. The lowest BCUT2D eigenvalue weighted by atomic mass is 10.2. The van der Waals surface area contributed by atoms with Crippen LogP contribution in [0.25, 0.3) is 10.8 Å². The van der Waals surface area contributed by atoms with E-state index in [-0.39, 0.29) is 5.91 Å². The maximum Gasteiger partial charge on any atom is 0.236 e. The number of aromatic nitrogens is 1. The third kappa shape index (κ3) is 3.16. The van der Waals surface area contributed by atoms with Crippen molar-refractivity contribution in [3.05, 3.63) is 29.5 Å². The van der Waals surface area contributed by atoms with Crippen molar-refractivity contribution in [3.63, 3.8) is 0 Å². The molecule has 0 saturated carbocycles. The van der Waals surface area contributed by atoms with Gasteiger partial charge in [0, 0.05) is 19.1 Å². The minimum absolute atomic E-state index is 0.138. The van der Waals surface area contributed by atoms with Crippen LogP contribution >= 0.6 is 11.3 Å². The first-order chi connectivity index (χ1) is 10.3. The molecular weight excluding hydrogens is 286 g/mol. The summed E-state index contributed by atoms with van der Waals surface area (Å²) in [4.78, 5) is 19.8. The zero-order valence-corrected chi connectivity index (χ0v) is 12.9. The standard InChI is InChI=1S/C15H19N3O2S/c1-16-9-12-4-2-6-18(12)14(19)8-11-10-20-15(17-11)13-5-3-7-21-13/h3,5,7,10,12,16H,2,4,6,8-9H2,1H3. The predicted molar refractivity (Wildman–Crippen MR) is 82.2 cm³/mol. The summed E-state index contributed by atoms with van der Waals surface area (Å²) in [6, 6.07) is 4.23. The Labute approximate surface area is 128 Å². The maximum absolute atomic E-state index is 12.4. The molecule has 1 atom stereocenters. The second-order valence-corrected chi connectivity index (χ2v) is 6.19. The average Bonchev–Trinajstić information content (AvgIpc) is 3.20. The number of carbonyl (C=O) groups is 1. The van der Waals surface area contributed by atoms with Crippen molar-refractivity contribution in [2.45, 2.75) is 25.3 Å². The monoisotopic (exact) mass is 305 g/mol. The Morgan fingerprint density at radius 2 is 2.52 bits per heavy atom. The topological polar surface area (TPSA) is 58.4 Å². The summed E-state index contributed by atoms with van der Waals surface area (Å²) in [5.41, 5.74) is 0.707. The highest BCUT2D eigenvalue weighted by molar-refractivity contribution is 7.13. The molecule has 0 aromatic carbocycles. The minimum Gasteiger partial charge on any atom is -0.444 e. The molecule has 0 bridgehead atoms. The molecule has 21 heavy (non-hydrogen) atoms. The predicted octanol–water partition coefficient (Wildman–Crippen LogP) is 2.16. The summed E-state index contributed by atoms with van der Waals surface area (Å²) < 4.78 is 5.46. The summed E-state index contributed by atoms with van der Waals surface area (Å²) in [5, 5.41) is 5.14. The Bertz CT molecular complexity index is 594. The van der Waals surface area contributed by atoms with Gasteiger partial charge in [0.15, 0.2) is 0 Å². The van der Waals surface area contributed by atoms with E-state index in [0.717, 1.165) is 30.8 Å². The van der Waals surface area contributed by atoms with E-state index >= 15 is 0 Å². The zero-order chi connectivity index (χ0) is 14.7. The maximum atomic E-state index is 12.4. The van der Waals surface area contributed by atoms with E-state index in [4.69, 9.17) is 4.42 Å². The molecule has 1 saturated heterocycles. The third-order valence-electron chi connectivity index (χ3n) is 3.75. The van der Waals surface area contributed by atoms with Crippen molar-refractivity contribution >= 4 is 17.2 Å². The average molecular weight is 305 g/mol. The van der Waals surface area contributed by atoms with Crippen molar-refractivity contribution in [2.24, 2.45) is 0 Å². The van der Waals surface area contributed by atoms with Crippen LogP contribution in [0.1, 0.15) is 18.5 Å². The van der Waals surface area contributed by atoms with Crippen LogP contribution in [-0.4, -0.2) is 42.0 Å². The van der Waals surface area contributed by atoms with Crippen LogP contribution in [0, 0.1) is 0 Å². The van der Waals surface area contributed by atoms with Crippen LogP contribution in [-0.2, 0) is 11.2 Å². The Kier molecular flexibility index (Phi) is 4.36. The fourth-order valence-corrected chi connectivity index (χ4v) is 3.43. The molecule has 3 heterocycles. The summed E-state index contributed by atoms with van der Waals surface area (Å²) in [5.74, 6) is 0.736. The van der Waals surface area contributed by atoms with Gasteiger partial charge in [-0.25, -0.2) is 4.98 Å². The largest absolute Gasteiger partial charge is 0.444 e. The van der Waals surface area contributed by atoms with Gasteiger partial charge in [-0.2, -0.15) is 0 Å². The number of likely N-dealkylation sites (N-methyl/N-ethyl adjacent to an activating group) is 1. The fraction of sp³-hybridized carbons (Fsp3) is 0.467. The number of oxazole rings is 1. The van der Waals surface area contributed by atoms with Gasteiger partial charge >= 0.3 is 0 Å². The van der Waals surface area contributed by atoms with E-state index < -0.39 is 0 Å². The third-order valence-corrected chi connectivity index (χ3v) is 4.61. The fourth-order valence-electron chi connectivity index (χ4n) is 2.77. The molecule has 6 heteroatoms. The van der Waals surface area contributed by atoms with E-state index in [2.05, 4.69) is 10.3 Å². The molecule has 0 radical (unpaired) electrons. The molecule has 0 spiro atoms. The molecule has 1 aliphatic heterocycles. The molecule has 1 fully saturated rings. The molecule has 2 aromatic rings. The van der Waals surface area contributed by atoms with Gasteiger partial charge in [0.25, 0.3) is 0 Å². The summed E-state index contributed by atoms with van der Waals surface area (Å²) in [6.07, 6.45) is 4.06.